The first-order valence-electron chi connectivity index (χ1n) is 6.00. The fourth-order valence-corrected chi connectivity index (χ4v) is 4.18. The van der Waals surface area contributed by atoms with Crippen LogP contribution in [0.1, 0.15) is 12.5 Å². The molecule has 2 heterocycles. The molecule has 1 saturated heterocycles. The molecule has 2 aliphatic rings. The van der Waals surface area contributed by atoms with Gasteiger partial charge in [0, 0.05) is 17.2 Å². The minimum absolute atomic E-state index is 0.238. The number of carbonyl (C=O) groups is 1. The molecular weight excluding hydrogens is 250 g/mol. The fourth-order valence-electron chi connectivity index (χ4n) is 2.63. The van der Waals surface area contributed by atoms with E-state index in [-0.39, 0.29) is 10.8 Å². The lowest BCUT2D eigenvalue weighted by molar-refractivity contribution is -0.139. The van der Waals surface area contributed by atoms with Crippen LogP contribution in [0.15, 0.2) is 24.3 Å². The summed E-state index contributed by atoms with van der Waals surface area (Å²) in [4.78, 5) is 10.8. The van der Waals surface area contributed by atoms with Crippen molar-refractivity contribution in [2.24, 2.45) is 5.92 Å². The predicted molar refractivity (Wildman–Crippen MR) is 69.8 cm³/mol. The maximum absolute atomic E-state index is 11.1. The summed E-state index contributed by atoms with van der Waals surface area (Å²) in [5.74, 6) is 0.910. The zero-order chi connectivity index (χ0) is 12.8. The molecule has 1 spiro atoms. The number of benzene rings is 1. The smallest absolute Gasteiger partial charge is 0.321 e. The Morgan fingerprint density at radius 3 is 3.06 bits per heavy atom. The number of hydrogen-bond donors (Lipinski definition) is 2. The molecule has 18 heavy (non-hydrogen) atoms. The summed E-state index contributed by atoms with van der Waals surface area (Å²) in [6.45, 7) is 2.71. The number of carboxylic acid groups (broad SMARTS) is 1. The summed E-state index contributed by atoms with van der Waals surface area (Å²) < 4.78 is 5.72. The number of hydrogen-bond acceptors (Lipinski definition) is 4. The third kappa shape index (κ3) is 1.61. The zero-order valence-electron chi connectivity index (χ0n) is 10.1. The van der Waals surface area contributed by atoms with Crippen molar-refractivity contribution in [3.63, 3.8) is 0 Å². The van der Waals surface area contributed by atoms with Gasteiger partial charge in [-0.2, -0.15) is 0 Å². The molecule has 2 unspecified atom stereocenters. The van der Waals surface area contributed by atoms with Gasteiger partial charge in [0.2, 0.25) is 0 Å². The SMILES string of the molecule is CC1COc2ccccc2C12N[C@@H](C(=O)O)CS2. The van der Waals surface area contributed by atoms with Crippen molar-refractivity contribution in [2.45, 2.75) is 17.8 Å². The lowest BCUT2D eigenvalue weighted by Crippen LogP contribution is -2.50. The van der Waals surface area contributed by atoms with Crippen LogP contribution in [0.2, 0.25) is 0 Å². The Bertz CT molecular complexity index is 493. The maximum Gasteiger partial charge on any atom is 0.321 e. The predicted octanol–water partition coefficient (Wildman–Crippen LogP) is 1.66. The Morgan fingerprint density at radius 1 is 1.56 bits per heavy atom. The average Bonchev–Trinajstić information content (AvgIpc) is 2.81. The molecule has 1 aromatic rings. The summed E-state index contributed by atoms with van der Waals surface area (Å²) in [5, 5.41) is 12.4. The van der Waals surface area contributed by atoms with Gasteiger partial charge in [-0.25, -0.2) is 0 Å². The van der Waals surface area contributed by atoms with E-state index in [0.717, 1.165) is 11.3 Å². The van der Waals surface area contributed by atoms with E-state index in [1.54, 1.807) is 11.8 Å². The number of ether oxygens (including phenoxy) is 1. The Labute approximate surface area is 110 Å². The van der Waals surface area contributed by atoms with Gasteiger partial charge in [0.25, 0.3) is 0 Å². The Morgan fingerprint density at radius 2 is 2.33 bits per heavy atom. The lowest BCUT2D eigenvalue weighted by Gasteiger charge is -2.40. The molecule has 4 nitrogen and oxygen atoms in total. The second kappa shape index (κ2) is 4.17. The molecule has 2 N–H and O–H groups in total. The van der Waals surface area contributed by atoms with Gasteiger partial charge >= 0.3 is 5.97 Å². The largest absolute Gasteiger partial charge is 0.493 e. The van der Waals surface area contributed by atoms with Crippen molar-refractivity contribution in [3.8, 4) is 5.75 Å². The average molecular weight is 265 g/mol. The Balaban J connectivity index is 2.03. The van der Waals surface area contributed by atoms with E-state index >= 15 is 0 Å². The second-order valence-corrected chi connectivity index (χ2v) is 6.06. The topological polar surface area (TPSA) is 58.6 Å². The van der Waals surface area contributed by atoms with Gasteiger partial charge in [-0.3, -0.25) is 10.1 Å². The van der Waals surface area contributed by atoms with Crippen molar-refractivity contribution in [3.05, 3.63) is 29.8 Å². The van der Waals surface area contributed by atoms with Gasteiger partial charge < -0.3 is 9.84 Å². The van der Waals surface area contributed by atoms with Gasteiger partial charge in [-0.1, -0.05) is 25.1 Å². The molecule has 0 aromatic heterocycles. The molecule has 5 heteroatoms. The van der Waals surface area contributed by atoms with Crippen LogP contribution in [0.25, 0.3) is 0 Å². The summed E-state index contributed by atoms with van der Waals surface area (Å²) in [6, 6.07) is 7.40. The molecule has 3 atom stereocenters. The summed E-state index contributed by atoms with van der Waals surface area (Å²) in [5.41, 5.74) is 1.07. The zero-order valence-corrected chi connectivity index (χ0v) is 10.9. The van der Waals surface area contributed by atoms with Crippen LogP contribution in [0.5, 0.6) is 5.75 Å². The first-order chi connectivity index (χ1) is 8.63. The van der Waals surface area contributed by atoms with Gasteiger partial charge in [0.1, 0.15) is 16.7 Å². The molecule has 3 rings (SSSR count). The molecule has 0 bridgehead atoms. The van der Waals surface area contributed by atoms with E-state index in [2.05, 4.69) is 12.2 Å². The van der Waals surface area contributed by atoms with Crippen LogP contribution >= 0.6 is 11.8 Å². The number of nitrogens with one attached hydrogen (secondary N) is 1. The number of fused-ring (bicyclic) bond motifs is 2. The third-order valence-electron chi connectivity index (χ3n) is 3.63. The van der Waals surface area contributed by atoms with Crippen molar-refractivity contribution in [1.29, 1.82) is 0 Å². The highest BCUT2D eigenvalue weighted by Crippen LogP contribution is 2.50. The minimum Gasteiger partial charge on any atom is -0.493 e. The van der Waals surface area contributed by atoms with E-state index in [9.17, 15) is 4.79 Å². The van der Waals surface area contributed by atoms with Crippen LogP contribution in [-0.4, -0.2) is 29.5 Å². The summed E-state index contributed by atoms with van der Waals surface area (Å²) in [7, 11) is 0. The number of para-hydroxylation sites is 1. The normalized spacial score (nSPS) is 34.1. The highest BCUT2D eigenvalue weighted by atomic mass is 32.2. The Hall–Kier alpha value is -1.20. The standard InChI is InChI=1S/C13H15NO3S/c1-8-6-17-11-5-3-2-4-9(11)13(8)14-10(7-18-13)12(15)16/h2-5,8,10,14H,6-7H2,1H3,(H,15,16)/t8?,10-,13?/m1/s1. The molecule has 0 amide bonds. The quantitative estimate of drug-likeness (QED) is 0.808. The van der Waals surface area contributed by atoms with Gasteiger partial charge in [-0.15, -0.1) is 11.8 Å². The van der Waals surface area contributed by atoms with Crippen LogP contribution in [-0.2, 0) is 9.67 Å². The third-order valence-corrected chi connectivity index (χ3v) is 5.33. The summed E-state index contributed by atoms with van der Waals surface area (Å²) >= 11 is 1.68. The van der Waals surface area contributed by atoms with E-state index in [1.165, 1.54) is 0 Å². The van der Waals surface area contributed by atoms with Gasteiger partial charge in [0.15, 0.2) is 0 Å². The number of rotatable bonds is 1. The minimum atomic E-state index is -0.782. The van der Waals surface area contributed by atoms with Crippen molar-refractivity contribution < 1.29 is 14.6 Å². The summed E-state index contributed by atoms with van der Waals surface area (Å²) in [6.07, 6.45) is 0. The monoisotopic (exact) mass is 265 g/mol. The van der Waals surface area contributed by atoms with Gasteiger partial charge in [0.05, 0.1) is 6.61 Å². The van der Waals surface area contributed by atoms with Crippen LogP contribution in [0, 0.1) is 5.92 Å². The molecule has 1 aromatic carbocycles. The molecular formula is C13H15NO3S. The number of carboxylic acids is 1. The van der Waals surface area contributed by atoms with Crippen molar-refractivity contribution >= 4 is 17.7 Å². The van der Waals surface area contributed by atoms with Crippen LogP contribution in [0.3, 0.4) is 0 Å². The van der Waals surface area contributed by atoms with Crippen LogP contribution < -0.4 is 10.1 Å². The van der Waals surface area contributed by atoms with E-state index in [1.807, 2.05) is 24.3 Å². The first-order valence-corrected chi connectivity index (χ1v) is 6.99. The molecule has 0 saturated carbocycles. The lowest BCUT2D eigenvalue weighted by atomic mass is 9.90. The van der Waals surface area contributed by atoms with Crippen molar-refractivity contribution in [1.82, 2.24) is 5.32 Å². The fraction of sp³-hybridized carbons (Fsp3) is 0.462. The maximum atomic E-state index is 11.1. The highest BCUT2D eigenvalue weighted by Gasteiger charge is 2.50. The van der Waals surface area contributed by atoms with Crippen molar-refractivity contribution in [2.75, 3.05) is 12.4 Å². The molecule has 0 aliphatic carbocycles. The highest BCUT2D eigenvalue weighted by molar-refractivity contribution is 8.00. The second-order valence-electron chi connectivity index (χ2n) is 4.79. The first kappa shape index (κ1) is 11.9. The molecule has 2 aliphatic heterocycles. The Kier molecular flexibility index (Phi) is 2.75. The molecule has 1 fully saturated rings. The van der Waals surface area contributed by atoms with E-state index < -0.39 is 12.0 Å². The molecule has 96 valence electrons. The van der Waals surface area contributed by atoms with E-state index in [4.69, 9.17) is 9.84 Å². The molecule has 0 radical (unpaired) electrons. The number of thioether (sulfide) groups is 1. The van der Waals surface area contributed by atoms with Crippen LogP contribution in [0.4, 0.5) is 0 Å². The van der Waals surface area contributed by atoms with Gasteiger partial charge in [-0.05, 0) is 6.07 Å². The number of aliphatic carboxylic acids is 1. The van der Waals surface area contributed by atoms with E-state index in [0.29, 0.717) is 12.4 Å².